The number of aliphatic hydroxyl groups excluding tert-OH is 1. The maximum absolute atomic E-state index is 12.4. The average molecular weight is 336 g/mol. The molecule has 1 N–H and O–H groups in total. The Morgan fingerprint density at radius 1 is 1.39 bits per heavy atom. The topological polar surface area (TPSA) is 42.4 Å². The lowest BCUT2D eigenvalue weighted by atomic mass is 10.2. The van der Waals surface area contributed by atoms with Crippen molar-refractivity contribution in [2.45, 2.75) is 24.7 Å². The highest BCUT2D eigenvalue weighted by Gasteiger charge is 2.34. The zero-order valence-electron chi connectivity index (χ0n) is 8.64. The summed E-state index contributed by atoms with van der Waals surface area (Å²) in [6, 6.07) is 0.678. The number of alkyl halides is 6. The molecule has 0 saturated heterocycles. The van der Waals surface area contributed by atoms with E-state index in [-0.39, 0.29) is 11.0 Å². The van der Waals surface area contributed by atoms with Gasteiger partial charge in [-0.05, 0) is 6.07 Å². The summed E-state index contributed by atoms with van der Waals surface area (Å²) in [6.45, 7) is -0.867. The quantitative estimate of drug-likeness (QED) is 0.678. The van der Waals surface area contributed by atoms with Crippen molar-refractivity contribution in [2.24, 2.45) is 0 Å². The van der Waals surface area contributed by atoms with Gasteiger partial charge in [0.15, 0.2) is 5.75 Å². The molecule has 102 valence electrons. The summed E-state index contributed by atoms with van der Waals surface area (Å²) >= 11 is 2.83. The van der Waals surface area contributed by atoms with E-state index in [0.29, 0.717) is 6.07 Å². The predicted octanol–water partition coefficient (Wildman–Crippen LogP) is 3.31. The smallest absolute Gasteiger partial charge is 0.403 e. The molecule has 0 radical (unpaired) electrons. The molecule has 18 heavy (non-hydrogen) atoms. The maximum Gasteiger partial charge on any atom is 0.573 e. The molecule has 1 rings (SSSR count). The number of rotatable bonds is 4. The standard InChI is InChI=1S/C9H7BrF5NO2/c10-2-6-7(18-9(13,14)15)4(3-17)1-5(16-6)8(11)12/h1,8,17H,2-3H2. The number of hydrogen-bond donors (Lipinski definition) is 1. The Kier molecular flexibility index (Phi) is 4.85. The Labute approximate surface area is 107 Å². The SMILES string of the molecule is OCc1cc(C(F)F)nc(CBr)c1OC(F)(F)F. The third-order valence-electron chi connectivity index (χ3n) is 1.88. The van der Waals surface area contributed by atoms with Gasteiger partial charge in [0, 0.05) is 10.9 Å². The molecule has 3 nitrogen and oxygen atoms in total. The van der Waals surface area contributed by atoms with Gasteiger partial charge in [-0.25, -0.2) is 13.8 Å². The van der Waals surface area contributed by atoms with Gasteiger partial charge in [0.05, 0.1) is 12.3 Å². The van der Waals surface area contributed by atoms with Crippen molar-refractivity contribution in [1.29, 1.82) is 0 Å². The molecular weight excluding hydrogens is 329 g/mol. The summed E-state index contributed by atoms with van der Waals surface area (Å²) in [4.78, 5) is 3.35. The normalized spacial score (nSPS) is 12.0. The number of nitrogens with zero attached hydrogens (tertiary/aromatic N) is 1. The Balaban J connectivity index is 3.30. The van der Waals surface area contributed by atoms with E-state index in [4.69, 9.17) is 5.11 Å². The van der Waals surface area contributed by atoms with Crippen LogP contribution < -0.4 is 4.74 Å². The molecule has 0 atom stereocenters. The van der Waals surface area contributed by atoms with Gasteiger partial charge in [-0.2, -0.15) is 0 Å². The molecule has 9 heteroatoms. The molecule has 0 amide bonds. The van der Waals surface area contributed by atoms with Crippen LogP contribution in [0.1, 0.15) is 23.4 Å². The summed E-state index contributed by atoms with van der Waals surface area (Å²) < 4.78 is 65.0. The van der Waals surface area contributed by atoms with Crippen molar-refractivity contribution < 1.29 is 31.8 Å². The van der Waals surface area contributed by atoms with Crippen LogP contribution in [0.3, 0.4) is 0 Å². The van der Waals surface area contributed by atoms with Crippen LogP contribution in [0.15, 0.2) is 6.07 Å². The summed E-state index contributed by atoms with van der Waals surface area (Å²) in [5.41, 5.74) is -1.47. The van der Waals surface area contributed by atoms with Crippen molar-refractivity contribution >= 4 is 15.9 Å². The van der Waals surface area contributed by atoms with E-state index in [1.54, 1.807) is 0 Å². The molecule has 0 spiro atoms. The van der Waals surface area contributed by atoms with E-state index in [0.717, 1.165) is 0 Å². The second-order valence-electron chi connectivity index (χ2n) is 3.12. The Morgan fingerprint density at radius 2 is 2.00 bits per heavy atom. The monoisotopic (exact) mass is 335 g/mol. The molecular formula is C9H7BrF5NO2. The molecule has 0 aliphatic heterocycles. The molecule has 0 aromatic carbocycles. The van der Waals surface area contributed by atoms with Crippen LogP contribution in [-0.4, -0.2) is 16.5 Å². The van der Waals surface area contributed by atoms with Crippen LogP contribution in [0.25, 0.3) is 0 Å². The minimum absolute atomic E-state index is 0.216. The molecule has 1 aromatic rings. The van der Waals surface area contributed by atoms with E-state index < -0.39 is 36.4 Å². The largest absolute Gasteiger partial charge is 0.573 e. The fourth-order valence-corrected chi connectivity index (χ4v) is 1.61. The lowest BCUT2D eigenvalue weighted by Crippen LogP contribution is -2.20. The fourth-order valence-electron chi connectivity index (χ4n) is 1.23. The molecule has 0 aliphatic carbocycles. The fraction of sp³-hybridized carbons (Fsp3) is 0.444. The summed E-state index contributed by atoms with van der Waals surface area (Å²) in [7, 11) is 0. The number of aromatic nitrogens is 1. The number of hydrogen-bond acceptors (Lipinski definition) is 3. The molecule has 0 saturated carbocycles. The first-order chi connectivity index (χ1) is 8.28. The van der Waals surface area contributed by atoms with Crippen LogP contribution >= 0.6 is 15.9 Å². The Bertz CT molecular complexity index is 399. The van der Waals surface area contributed by atoms with Crippen molar-refractivity contribution in [3.05, 3.63) is 23.0 Å². The highest BCUT2D eigenvalue weighted by molar-refractivity contribution is 9.08. The molecule has 1 heterocycles. The minimum Gasteiger partial charge on any atom is -0.403 e. The minimum atomic E-state index is -4.99. The number of pyridine rings is 1. The molecule has 0 bridgehead atoms. The summed E-state index contributed by atoms with van der Waals surface area (Å²) in [6.07, 6.45) is -7.94. The highest BCUT2D eigenvalue weighted by atomic mass is 79.9. The average Bonchev–Trinajstić information content (AvgIpc) is 2.26. The zero-order valence-corrected chi connectivity index (χ0v) is 10.2. The number of aliphatic hydroxyl groups is 1. The van der Waals surface area contributed by atoms with E-state index in [9.17, 15) is 22.0 Å². The van der Waals surface area contributed by atoms with Gasteiger partial charge in [0.2, 0.25) is 0 Å². The maximum atomic E-state index is 12.4. The van der Waals surface area contributed by atoms with Crippen LogP contribution in [0.2, 0.25) is 0 Å². The number of halogens is 6. The summed E-state index contributed by atoms with van der Waals surface area (Å²) in [5, 5.41) is 8.69. The van der Waals surface area contributed by atoms with Crippen LogP contribution in [0, 0.1) is 0 Å². The Hall–Kier alpha value is -0.960. The lowest BCUT2D eigenvalue weighted by Gasteiger charge is -2.16. The zero-order chi connectivity index (χ0) is 13.9. The van der Waals surface area contributed by atoms with Gasteiger partial charge < -0.3 is 9.84 Å². The third-order valence-corrected chi connectivity index (χ3v) is 2.41. The van der Waals surface area contributed by atoms with Gasteiger partial charge >= 0.3 is 6.36 Å². The van der Waals surface area contributed by atoms with Gasteiger partial charge in [-0.3, -0.25) is 0 Å². The molecule has 0 fully saturated rings. The highest BCUT2D eigenvalue weighted by Crippen LogP contribution is 2.33. The predicted molar refractivity (Wildman–Crippen MR) is 54.4 cm³/mol. The van der Waals surface area contributed by atoms with Crippen LogP contribution in [-0.2, 0) is 11.9 Å². The van der Waals surface area contributed by atoms with Crippen molar-refractivity contribution in [3.63, 3.8) is 0 Å². The van der Waals surface area contributed by atoms with E-state index in [1.165, 1.54) is 0 Å². The van der Waals surface area contributed by atoms with Gasteiger partial charge in [-0.1, -0.05) is 15.9 Å². The summed E-state index contributed by atoms with van der Waals surface area (Å²) in [5.74, 6) is -0.758. The molecule has 0 unspecified atom stereocenters. The lowest BCUT2D eigenvalue weighted by molar-refractivity contribution is -0.275. The Morgan fingerprint density at radius 3 is 2.39 bits per heavy atom. The number of ether oxygens (including phenoxy) is 1. The van der Waals surface area contributed by atoms with E-state index in [1.807, 2.05) is 0 Å². The van der Waals surface area contributed by atoms with Gasteiger partial charge in [0.25, 0.3) is 6.43 Å². The van der Waals surface area contributed by atoms with Crippen molar-refractivity contribution in [1.82, 2.24) is 4.98 Å². The van der Waals surface area contributed by atoms with Crippen LogP contribution in [0.5, 0.6) is 5.75 Å². The van der Waals surface area contributed by atoms with Crippen molar-refractivity contribution in [2.75, 3.05) is 0 Å². The van der Waals surface area contributed by atoms with Crippen LogP contribution in [0.4, 0.5) is 22.0 Å². The second-order valence-corrected chi connectivity index (χ2v) is 3.68. The van der Waals surface area contributed by atoms with Crippen molar-refractivity contribution in [3.8, 4) is 5.75 Å². The van der Waals surface area contributed by atoms with Gasteiger partial charge in [-0.15, -0.1) is 13.2 Å². The molecule has 0 aliphatic rings. The second kappa shape index (κ2) is 5.79. The first kappa shape index (κ1) is 15.1. The van der Waals surface area contributed by atoms with Gasteiger partial charge in [0.1, 0.15) is 5.69 Å². The van der Waals surface area contributed by atoms with E-state index in [2.05, 4.69) is 25.7 Å². The molecule has 1 aromatic heterocycles. The third kappa shape index (κ3) is 3.77. The first-order valence-corrected chi connectivity index (χ1v) is 5.64. The first-order valence-electron chi connectivity index (χ1n) is 4.52. The van der Waals surface area contributed by atoms with E-state index >= 15 is 0 Å².